The molecule has 3 atom stereocenters. The standard InChI is InChI=1S/C50H90NO9P/c1-6-8-10-12-14-16-18-20-21-22-23-24-25-27-29-31-33-35-37-41-49(53)57-45-48(46-59-61(55,56)58-44-43-51(3,4)5)60-50(54)42-38-40-47(52)39-36-34-32-30-28-26-19-17-15-13-11-9-7-2/h14,16,20-21,26,28,32,34,36,39,47-48,52H,6-13,15,17-19,22-25,27,29-31,33,35,37-38,40-46H2,1-5H3/b16-14-,21-20-,28-26+,34-32+,39-36+/t47?,48-/m1/s1. The average molecular weight is 880 g/mol. The molecule has 1 N–H and O–H groups in total. The Morgan fingerprint density at radius 1 is 0.607 bits per heavy atom. The molecule has 2 unspecified atom stereocenters. The molecule has 0 heterocycles. The third-order valence-electron chi connectivity index (χ3n) is 10.1. The molecule has 0 saturated heterocycles. The van der Waals surface area contributed by atoms with Gasteiger partial charge in [-0.1, -0.05) is 164 Å². The molecule has 354 valence electrons. The maximum atomic E-state index is 12.7. The van der Waals surface area contributed by atoms with E-state index in [1.807, 2.05) is 33.3 Å². The second-order valence-corrected chi connectivity index (χ2v) is 18.7. The number of nitrogens with zero attached hydrogens (tertiary/aromatic N) is 1. The Kier molecular flexibility index (Phi) is 40.1. The number of aliphatic hydroxyl groups is 1. The van der Waals surface area contributed by atoms with E-state index in [9.17, 15) is 24.2 Å². The predicted octanol–water partition coefficient (Wildman–Crippen LogP) is 12.4. The number of allylic oxidation sites excluding steroid dienone is 9. The lowest BCUT2D eigenvalue weighted by atomic mass is 10.1. The van der Waals surface area contributed by atoms with Gasteiger partial charge >= 0.3 is 11.9 Å². The molecular formula is C50H90NO9P. The Bertz CT molecular complexity index is 1240. The lowest BCUT2D eigenvalue weighted by molar-refractivity contribution is -0.870. The summed E-state index contributed by atoms with van der Waals surface area (Å²) in [6, 6.07) is 0. The Balaban J connectivity index is 4.48. The summed E-state index contributed by atoms with van der Waals surface area (Å²) < 4.78 is 33.8. The fourth-order valence-electron chi connectivity index (χ4n) is 6.28. The van der Waals surface area contributed by atoms with Crippen LogP contribution < -0.4 is 4.89 Å². The van der Waals surface area contributed by atoms with Crippen LogP contribution in [0.1, 0.15) is 187 Å². The zero-order chi connectivity index (χ0) is 45.1. The molecule has 0 saturated carbocycles. The highest BCUT2D eigenvalue weighted by molar-refractivity contribution is 7.45. The number of aliphatic hydroxyl groups excluding tert-OH is 1. The summed E-state index contributed by atoms with van der Waals surface area (Å²) in [5.74, 6) is -1.04. The summed E-state index contributed by atoms with van der Waals surface area (Å²) >= 11 is 0. The van der Waals surface area contributed by atoms with Gasteiger partial charge in [0.2, 0.25) is 0 Å². The lowest BCUT2D eigenvalue weighted by Crippen LogP contribution is -2.37. The number of hydrogen-bond acceptors (Lipinski definition) is 9. The fraction of sp³-hybridized carbons (Fsp3) is 0.760. The summed E-state index contributed by atoms with van der Waals surface area (Å²) in [4.78, 5) is 37.7. The van der Waals surface area contributed by atoms with Crippen LogP contribution in [0.5, 0.6) is 0 Å². The van der Waals surface area contributed by atoms with Crippen molar-refractivity contribution in [3.8, 4) is 0 Å². The van der Waals surface area contributed by atoms with Crippen LogP contribution in [0.4, 0.5) is 0 Å². The number of rotatable bonds is 43. The van der Waals surface area contributed by atoms with E-state index in [1.165, 1.54) is 96.3 Å². The van der Waals surface area contributed by atoms with Gasteiger partial charge in [0.05, 0.1) is 33.9 Å². The molecule has 0 bridgehead atoms. The van der Waals surface area contributed by atoms with E-state index >= 15 is 0 Å². The first-order valence-corrected chi connectivity index (χ1v) is 25.6. The van der Waals surface area contributed by atoms with Gasteiger partial charge in [0, 0.05) is 12.8 Å². The van der Waals surface area contributed by atoms with Gasteiger partial charge in [-0.2, -0.15) is 0 Å². The van der Waals surface area contributed by atoms with Crippen LogP contribution in [-0.2, 0) is 32.7 Å². The molecule has 0 aromatic rings. The smallest absolute Gasteiger partial charge is 0.306 e. The quantitative estimate of drug-likeness (QED) is 0.0159. The van der Waals surface area contributed by atoms with Crippen molar-refractivity contribution in [2.24, 2.45) is 0 Å². The molecule has 0 fully saturated rings. The summed E-state index contributed by atoms with van der Waals surface area (Å²) in [5, 5.41) is 10.3. The topological polar surface area (TPSA) is 131 Å². The molecular weight excluding hydrogens is 790 g/mol. The van der Waals surface area contributed by atoms with Gasteiger partial charge in [-0.25, -0.2) is 0 Å². The monoisotopic (exact) mass is 880 g/mol. The van der Waals surface area contributed by atoms with E-state index in [-0.39, 0.29) is 26.1 Å². The van der Waals surface area contributed by atoms with Crippen LogP contribution in [0.2, 0.25) is 0 Å². The molecule has 0 aliphatic carbocycles. The van der Waals surface area contributed by atoms with E-state index in [2.05, 4.69) is 50.3 Å². The van der Waals surface area contributed by atoms with Gasteiger partial charge in [-0.15, -0.1) is 0 Å². The van der Waals surface area contributed by atoms with Crippen molar-refractivity contribution >= 4 is 19.8 Å². The number of likely N-dealkylation sites (N-methyl/N-ethyl adjacent to an activating group) is 1. The summed E-state index contributed by atoms with van der Waals surface area (Å²) in [7, 11) is 1.04. The molecule has 0 rings (SSSR count). The van der Waals surface area contributed by atoms with Crippen LogP contribution in [0.15, 0.2) is 60.8 Å². The third kappa shape index (κ3) is 45.5. The first kappa shape index (κ1) is 58.7. The van der Waals surface area contributed by atoms with Crippen molar-refractivity contribution in [3.05, 3.63) is 60.8 Å². The van der Waals surface area contributed by atoms with Crippen LogP contribution in [0.3, 0.4) is 0 Å². The zero-order valence-electron chi connectivity index (χ0n) is 39.5. The Labute approximate surface area is 373 Å². The number of phosphoric acid groups is 1. The van der Waals surface area contributed by atoms with Crippen LogP contribution in [-0.4, -0.2) is 81.2 Å². The van der Waals surface area contributed by atoms with E-state index < -0.39 is 38.6 Å². The second-order valence-electron chi connectivity index (χ2n) is 17.3. The maximum Gasteiger partial charge on any atom is 0.306 e. The van der Waals surface area contributed by atoms with Gasteiger partial charge in [0.1, 0.15) is 19.8 Å². The number of esters is 2. The van der Waals surface area contributed by atoms with Crippen molar-refractivity contribution in [3.63, 3.8) is 0 Å². The lowest BCUT2D eigenvalue weighted by Gasteiger charge is -2.28. The highest BCUT2D eigenvalue weighted by Gasteiger charge is 2.22. The molecule has 0 aromatic heterocycles. The highest BCUT2D eigenvalue weighted by Crippen LogP contribution is 2.38. The van der Waals surface area contributed by atoms with Crippen LogP contribution >= 0.6 is 7.82 Å². The molecule has 0 amide bonds. The Hall–Kier alpha value is -2.33. The normalized spacial score (nSPS) is 14.5. The first-order valence-electron chi connectivity index (χ1n) is 24.1. The van der Waals surface area contributed by atoms with E-state index in [0.717, 1.165) is 44.9 Å². The number of carbonyl (C=O) groups is 2. The zero-order valence-corrected chi connectivity index (χ0v) is 40.4. The van der Waals surface area contributed by atoms with E-state index in [1.54, 1.807) is 12.2 Å². The number of ether oxygens (including phenoxy) is 2. The summed E-state index contributed by atoms with van der Waals surface area (Å²) in [5.41, 5.74) is 0. The Morgan fingerprint density at radius 3 is 1.67 bits per heavy atom. The first-order chi connectivity index (χ1) is 29.4. The van der Waals surface area contributed by atoms with Gasteiger partial charge in [0.25, 0.3) is 7.82 Å². The van der Waals surface area contributed by atoms with E-state index in [4.69, 9.17) is 18.5 Å². The second kappa shape index (κ2) is 41.7. The van der Waals surface area contributed by atoms with Crippen molar-refractivity contribution in [2.45, 2.75) is 199 Å². The third-order valence-corrected chi connectivity index (χ3v) is 11.1. The van der Waals surface area contributed by atoms with Crippen molar-refractivity contribution in [1.82, 2.24) is 0 Å². The van der Waals surface area contributed by atoms with E-state index in [0.29, 0.717) is 30.3 Å². The minimum absolute atomic E-state index is 0.00166. The van der Waals surface area contributed by atoms with Crippen LogP contribution in [0, 0.1) is 0 Å². The van der Waals surface area contributed by atoms with Crippen molar-refractivity contribution < 1.29 is 47.2 Å². The minimum atomic E-state index is -4.68. The summed E-state index contributed by atoms with van der Waals surface area (Å²) in [6.07, 6.45) is 47.0. The molecule has 0 aliphatic rings. The van der Waals surface area contributed by atoms with Crippen LogP contribution in [0.25, 0.3) is 0 Å². The van der Waals surface area contributed by atoms with Gasteiger partial charge in [-0.05, 0) is 70.6 Å². The molecule has 61 heavy (non-hydrogen) atoms. The molecule has 0 spiro atoms. The largest absolute Gasteiger partial charge is 0.756 e. The molecule has 11 heteroatoms. The van der Waals surface area contributed by atoms with Crippen molar-refractivity contribution in [1.29, 1.82) is 0 Å². The number of hydrogen-bond donors (Lipinski definition) is 1. The summed E-state index contributed by atoms with van der Waals surface area (Å²) in [6.45, 7) is 3.97. The molecule has 0 radical (unpaired) electrons. The molecule has 0 aromatic carbocycles. The Morgan fingerprint density at radius 2 is 1.10 bits per heavy atom. The number of quaternary nitrogens is 1. The highest BCUT2D eigenvalue weighted by atomic mass is 31.2. The SMILES string of the molecule is CCCCC/C=C\C/C=C\CCCCCCCCCCCC(=O)OC[C@H](COP(=O)([O-])OCC[N+](C)(C)C)OC(=O)CCCC(O)/C=C/C=C/C/C=C/CCCCCCCC. The number of phosphoric ester groups is 1. The predicted molar refractivity (Wildman–Crippen MR) is 251 cm³/mol. The molecule has 0 aliphatic heterocycles. The van der Waals surface area contributed by atoms with Crippen molar-refractivity contribution in [2.75, 3.05) is 47.5 Å². The maximum absolute atomic E-state index is 12.7. The minimum Gasteiger partial charge on any atom is -0.756 e. The number of carbonyl (C=O) groups excluding carboxylic acids is 2. The average Bonchev–Trinajstić information content (AvgIpc) is 3.21. The number of unbranched alkanes of at least 4 members (excludes halogenated alkanes) is 18. The van der Waals surface area contributed by atoms with Gasteiger partial charge in [0.15, 0.2) is 6.10 Å². The molecule has 10 nitrogen and oxygen atoms in total. The van der Waals surface area contributed by atoms with Gasteiger partial charge in [-0.3, -0.25) is 14.2 Å². The van der Waals surface area contributed by atoms with Gasteiger partial charge < -0.3 is 33.0 Å². The fourth-order valence-corrected chi connectivity index (χ4v) is 7.01.